The molecule has 2 aromatic rings. The Labute approximate surface area is 178 Å². The van der Waals surface area contributed by atoms with Crippen molar-refractivity contribution in [3.05, 3.63) is 35.1 Å². The van der Waals surface area contributed by atoms with Crippen LogP contribution in [-0.4, -0.2) is 60.9 Å². The van der Waals surface area contributed by atoms with Crippen LogP contribution >= 0.6 is 11.6 Å². The highest BCUT2D eigenvalue weighted by molar-refractivity contribution is 6.30. The van der Waals surface area contributed by atoms with E-state index in [1.54, 1.807) is 18.2 Å². The summed E-state index contributed by atoms with van der Waals surface area (Å²) in [5.41, 5.74) is 1.39. The number of benzene rings is 1. The molecule has 2 N–H and O–H groups in total. The largest absolute Gasteiger partial charge is 0.383 e. The van der Waals surface area contributed by atoms with Crippen LogP contribution in [0.4, 0.5) is 0 Å². The van der Waals surface area contributed by atoms with Crippen LogP contribution in [0, 0.1) is 5.41 Å². The summed E-state index contributed by atoms with van der Waals surface area (Å²) >= 11 is 6.10. The molecule has 0 radical (unpaired) electrons. The lowest BCUT2D eigenvalue weighted by atomic mass is 10.0. The van der Waals surface area contributed by atoms with E-state index in [9.17, 15) is 14.7 Å². The first-order valence-corrected chi connectivity index (χ1v) is 10.2. The molecule has 160 valence electrons. The van der Waals surface area contributed by atoms with Gasteiger partial charge in [-0.05, 0) is 58.9 Å². The van der Waals surface area contributed by atoms with Gasteiger partial charge in [0.15, 0.2) is 0 Å². The van der Waals surface area contributed by atoms with Gasteiger partial charge in [0.2, 0.25) is 5.91 Å². The topological polar surface area (TPSA) is 122 Å². The quantitative estimate of drug-likeness (QED) is 0.666. The molecule has 0 bridgehead atoms. The standard InChI is InChI=1S/C19H23ClN6O4/c1-19(5-6-19)9-16(27)18(29)26-15(4-7-30-26)17(28)21-10-12-8-13(20)2-3-14(12)25-11-22-23-24-25/h2-3,8,11,15-16,27H,4-7,9-10H2,1H3,(H,21,28)/t15-,16+/m0/s1. The first kappa shape index (κ1) is 20.7. The summed E-state index contributed by atoms with van der Waals surface area (Å²) in [6.07, 6.45) is 2.98. The Hall–Kier alpha value is -2.56. The van der Waals surface area contributed by atoms with E-state index < -0.39 is 18.1 Å². The number of halogens is 1. The number of hydroxylamine groups is 2. The van der Waals surface area contributed by atoms with Gasteiger partial charge < -0.3 is 10.4 Å². The van der Waals surface area contributed by atoms with E-state index >= 15 is 0 Å². The molecule has 4 rings (SSSR count). The second kappa shape index (κ2) is 8.29. The van der Waals surface area contributed by atoms with Crippen LogP contribution in [-0.2, 0) is 21.0 Å². The van der Waals surface area contributed by atoms with Crippen LogP contribution in [0.15, 0.2) is 24.5 Å². The minimum atomic E-state index is -1.18. The van der Waals surface area contributed by atoms with E-state index in [0.29, 0.717) is 29.1 Å². The first-order valence-electron chi connectivity index (χ1n) is 9.80. The van der Waals surface area contributed by atoms with E-state index in [1.165, 1.54) is 11.0 Å². The SMILES string of the molecule is CC1(C[C@@H](O)C(=O)N2OCC[C@H]2C(=O)NCc2cc(Cl)ccc2-n2cnnn2)CC1. The fourth-order valence-electron chi connectivity index (χ4n) is 3.53. The molecular weight excluding hydrogens is 412 g/mol. The van der Waals surface area contributed by atoms with Crippen LogP contribution in [0.5, 0.6) is 0 Å². The van der Waals surface area contributed by atoms with Crippen LogP contribution in [0.1, 0.15) is 38.2 Å². The fourth-order valence-corrected chi connectivity index (χ4v) is 3.73. The van der Waals surface area contributed by atoms with Crippen molar-refractivity contribution >= 4 is 23.4 Å². The molecule has 2 amide bonds. The van der Waals surface area contributed by atoms with Crippen molar-refractivity contribution in [1.29, 1.82) is 0 Å². The number of carbonyl (C=O) groups is 2. The second-order valence-corrected chi connectivity index (χ2v) is 8.51. The minimum Gasteiger partial charge on any atom is -0.383 e. The Morgan fingerprint density at radius 3 is 2.93 bits per heavy atom. The molecule has 0 unspecified atom stereocenters. The molecule has 1 saturated carbocycles. The Balaban J connectivity index is 1.41. The molecule has 11 heteroatoms. The van der Waals surface area contributed by atoms with Crippen molar-refractivity contribution < 1.29 is 19.5 Å². The van der Waals surface area contributed by atoms with Crippen molar-refractivity contribution in [3.63, 3.8) is 0 Å². The number of rotatable bonds is 7. The van der Waals surface area contributed by atoms with Crippen LogP contribution in [0.25, 0.3) is 5.69 Å². The number of hydrogen-bond donors (Lipinski definition) is 2. The van der Waals surface area contributed by atoms with Gasteiger partial charge in [-0.1, -0.05) is 18.5 Å². The van der Waals surface area contributed by atoms with Crippen LogP contribution in [0.2, 0.25) is 5.02 Å². The monoisotopic (exact) mass is 434 g/mol. The average molecular weight is 435 g/mol. The highest BCUT2D eigenvalue weighted by atomic mass is 35.5. The maximum atomic E-state index is 12.8. The molecular formula is C19H23ClN6O4. The minimum absolute atomic E-state index is 0.00570. The third-order valence-corrected chi connectivity index (χ3v) is 5.82. The number of nitrogens with one attached hydrogen (secondary N) is 1. The van der Waals surface area contributed by atoms with Gasteiger partial charge in [-0.3, -0.25) is 14.4 Å². The third-order valence-electron chi connectivity index (χ3n) is 5.59. The van der Waals surface area contributed by atoms with Gasteiger partial charge in [-0.25, -0.2) is 9.75 Å². The molecule has 0 spiro atoms. The summed E-state index contributed by atoms with van der Waals surface area (Å²) in [5.74, 6) is -0.939. The van der Waals surface area contributed by atoms with Gasteiger partial charge in [0.05, 0.1) is 12.3 Å². The van der Waals surface area contributed by atoms with Crippen LogP contribution < -0.4 is 5.32 Å². The number of tetrazole rings is 1. The van der Waals surface area contributed by atoms with E-state index in [2.05, 4.69) is 20.8 Å². The lowest BCUT2D eigenvalue weighted by Gasteiger charge is -2.25. The average Bonchev–Trinajstić information content (AvgIpc) is 3.15. The Morgan fingerprint density at radius 1 is 1.43 bits per heavy atom. The number of aliphatic hydroxyl groups excluding tert-OH is 1. The molecule has 2 fully saturated rings. The Kier molecular flexibility index (Phi) is 5.72. The highest BCUT2D eigenvalue weighted by Crippen LogP contribution is 2.49. The lowest BCUT2D eigenvalue weighted by molar-refractivity contribution is -0.188. The molecule has 10 nitrogen and oxygen atoms in total. The van der Waals surface area contributed by atoms with E-state index in [1.807, 2.05) is 6.92 Å². The summed E-state index contributed by atoms with van der Waals surface area (Å²) in [4.78, 5) is 30.8. The summed E-state index contributed by atoms with van der Waals surface area (Å²) in [6, 6.07) is 4.38. The smallest absolute Gasteiger partial charge is 0.275 e. The van der Waals surface area contributed by atoms with Gasteiger partial charge in [-0.15, -0.1) is 5.10 Å². The molecule has 2 atom stereocenters. The van der Waals surface area contributed by atoms with Crippen molar-refractivity contribution in [2.24, 2.45) is 5.41 Å². The summed E-state index contributed by atoms with van der Waals surface area (Å²) in [7, 11) is 0. The number of carbonyl (C=O) groups excluding carboxylic acids is 2. The molecule has 2 aliphatic rings. The predicted molar refractivity (Wildman–Crippen MR) is 105 cm³/mol. The van der Waals surface area contributed by atoms with Gasteiger partial charge in [0.25, 0.3) is 5.91 Å². The summed E-state index contributed by atoms with van der Waals surface area (Å²) in [6.45, 7) is 2.43. The zero-order chi connectivity index (χ0) is 21.3. The lowest BCUT2D eigenvalue weighted by Crippen LogP contribution is -2.48. The summed E-state index contributed by atoms with van der Waals surface area (Å²) in [5, 5.41) is 25.8. The Morgan fingerprint density at radius 2 is 2.23 bits per heavy atom. The molecule has 1 aliphatic heterocycles. The number of amides is 2. The van der Waals surface area contributed by atoms with Crippen molar-refractivity contribution in [2.45, 2.75) is 51.3 Å². The summed E-state index contributed by atoms with van der Waals surface area (Å²) < 4.78 is 1.47. The molecule has 30 heavy (non-hydrogen) atoms. The maximum absolute atomic E-state index is 12.8. The molecule has 1 aliphatic carbocycles. The Bertz CT molecular complexity index is 933. The van der Waals surface area contributed by atoms with E-state index in [-0.39, 0.29) is 24.5 Å². The number of aromatic nitrogens is 4. The van der Waals surface area contributed by atoms with Gasteiger partial charge in [-0.2, -0.15) is 0 Å². The predicted octanol–water partition coefficient (Wildman–Crippen LogP) is 1.02. The number of nitrogens with zero attached hydrogens (tertiary/aromatic N) is 5. The third kappa shape index (κ3) is 4.45. The van der Waals surface area contributed by atoms with Gasteiger partial charge in [0.1, 0.15) is 18.5 Å². The molecule has 1 aromatic carbocycles. The normalized spacial score (nSPS) is 20.8. The fraction of sp³-hybridized carbons (Fsp3) is 0.526. The number of aliphatic hydroxyl groups is 1. The van der Waals surface area contributed by atoms with Crippen molar-refractivity contribution in [2.75, 3.05) is 6.61 Å². The first-order chi connectivity index (χ1) is 14.4. The van der Waals surface area contributed by atoms with Gasteiger partial charge >= 0.3 is 0 Å². The molecule has 1 aromatic heterocycles. The van der Waals surface area contributed by atoms with E-state index in [0.717, 1.165) is 17.9 Å². The van der Waals surface area contributed by atoms with Gasteiger partial charge in [0, 0.05) is 18.0 Å². The molecule has 1 saturated heterocycles. The maximum Gasteiger partial charge on any atom is 0.275 e. The highest BCUT2D eigenvalue weighted by Gasteiger charge is 2.44. The molecule has 2 heterocycles. The van der Waals surface area contributed by atoms with Crippen LogP contribution in [0.3, 0.4) is 0 Å². The zero-order valence-corrected chi connectivity index (χ0v) is 17.2. The number of hydrogen-bond acceptors (Lipinski definition) is 7. The van der Waals surface area contributed by atoms with E-state index in [4.69, 9.17) is 16.4 Å². The zero-order valence-electron chi connectivity index (χ0n) is 16.5. The second-order valence-electron chi connectivity index (χ2n) is 8.08. The van der Waals surface area contributed by atoms with Crippen molar-refractivity contribution in [1.82, 2.24) is 30.6 Å². The van der Waals surface area contributed by atoms with Crippen molar-refractivity contribution in [3.8, 4) is 5.69 Å².